The van der Waals surface area contributed by atoms with Crippen molar-refractivity contribution >= 4 is 18.1 Å². The Morgan fingerprint density at radius 2 is 1.53 bits per heavy atom. The van der Waals surface area contributed by atoms with E-state index in [2.05, 4.69) is 4.74 Å². The molecule has 1 aliphatic heterocycles. The number of nitrogen functional groups attached to an aromatic ring is 1. The van der Waals surface area contributed by atoms with Gasteiger partial charge in [0, 0.05) is 5.69 Å². The van der Waals surface area contributed by atoms with Gasteiger partial charge in [0.2, 0.25) is 0 Å². The molecule has 7 heteroatoms. The molecule has 0 fully saturated rings. The molecular formula is C8H6ClF4NO. The number of anilines is 1. The molecule has 15 heavy (non-hydrogen) atoms. The summed E-state index contributed by atoms with van der Waals surface area (Å²) >= 11 is 0. The first-order valence-electron chi connectivity index (χ1n) is 3.69. The van der Waals surface area contributed by atoms with E-state index in [0.717, 1.165) is 18.2 Å². The third kappa shape index (κ3) is 1.74. The molecule has 0 saturated heterocycles. The Bertz CT molecular complexity index is 396. The van der Waals surface area contributed by atoms with Gasteiger partial charge in [0.25, 0.3) is 0 Å². The van der Waals surface area contributed by atoms with Crippen LogP contribution in [0.4, 0.5) is 23.2 Å². The van der Waals surface area contributed by atoms with E-state index in [9.17, 15) is 17.6 Å². The van der Waals surface area contributed by atoms with Crippen molar-refractivity contribution in [2.24, 2.45) is 0 Å². The van der Waals surface area contributed by atoms with Gasteiger partial charge in [-0.2, -0.15) is 17.6 Å². The fourth-order valence-corrected chi connectivity index (χ4v) is 1.33. The molecule has 0 bridgehead atoms. The molecule has 1 heterocycles. The molecule has 2 N–H and O–H groups in total. The van der Waals surface area contributed by atoms with E-state index in [1.165, 1.54) is 0 Å². The lowest BCUT2D eigenvalue weighted by Crippen LogP contribution is -2.17. The monoisotopic (exact) mass is 243 g/mol. The second-order valence-corrected chi connectivity index (χ2v) is 2.94. The highest BCUT2D eigenvalue weighted by Gasteiger charge is 2.57. The van der Waals surface area contributed by atoms with Crippen LogP contribution in [0.1, 0.15) is 11.1 Å². The second-order valence-electron chi connectivity index (χ2n) is 2.94. The molecule has 0 radical (unpaired) electrons. The SMILES string of the molecule is Cl.Nc1ccc2c(c1)C(F)(F)OC2(F)F. The summed E-state index contributed by atoms with van der Waals surface area (Å²) in [7, 11) is 0. The van der Waals surface area contributed by atoms with Crippen LogP contribution in [0.25, 0.3) is 0 Å². The molecule has 0 unspecified atom stereocenters. The minimum atomic E-state index is -3.98. The van der Waals surface area contributed by atoms with Crippen LogP contribution in [0.3, 0.4) is 0 Å². The van der Waals surface area contributed by atoms with Crippen LogP contribution in [0.5, 0.6) is 0 Å². The summed E-state index contributed by atoms with van der Waals surface area (Å²) in [6.07, 6.45) is -7.93. The molecule has 1 aromatic rings. The molecule has 2 nitrogen and oxygen atoms in total. The first-order valence-corrected chi connectivity index (χ1v) is 3.69. The molecule has 84 valence electrons. The molecule has 2 rings (SSSR count). The first-order chi connectivity index (χ1) is 6.33. The van der Waals surface area contributed by atoms with Gasteiger partial charge < -0.3 is 5.73 Å². The van der Waals surface area contributed by atoms with Gasteiger partial charge >= 0.3 is 12.2 Å². The van der Waals surface area contributed by atoms with Crippen molar-refractivity contribution in [1.82, 2.24) is 0 Å². The predicted octanol–water partition coefficient (Wildman–Crippen LogP) is 2.82. The first kappa shape index (κ1) is 12.1. The smallest absolute Gasteiger partial charge is 0.388 e. The number of alkyl halides is 4. The number of benzene rings is 1. The van der Waals surface area contributed by atoms with Gasteiger partial charge in [0.15, 0.2) is 0 Å². The Morgan fingerprint density at radius 1 is 1.00 bits per heavy atom. The van der Waals surface area contributed by atoms with E-state index in [0.29, 0.717) is 0 Å². The van der Waals surface area contributed by atoms with Crippen molar-refractivity contribution in [1.29, 1.82) is 0 Å². The molecule has 0 spiro atoms. The van der Waals surface area contributed by atoms with Crippen molar-refractivity contribution in [3.05, 3.63) is 29.3 Å². The molecule has 1 aliphatic rings. The third-order valence-corrected chi connectivity index (χ3v) is 1.93. The van der Waals surface area contributed by atoms with Crippen LogP contribution in [-0.2, 0) is 17.0 Å². The van der Waals surface area contributed by atoms with Crippen LogP contribution in [0.15, 0.2) is 18.2 Å². The zero-order chi connectivity index (χ0) is 10.6. The van der Waals surface area contributed by atoms with Gasteiger partial charge in [-0.25, -0.2) is 4.74 Å². The van der Waals surface area contributed by atoms with Gasteiger partial charge in [-0.05, 0) is 18.2 Å². The molecule has 1 aromatic carbocycles. The van der Waals surface area contributed by atoms with Gasteiger partial charge in [-0.3, -0.25) is 0 Å². The van der Waals surface area contributed by atoms with Crippen molar-refractivity contribution in [3.8, 4) is 0 Å². The molecule has 0 amide bonds. The summed E-state index contributed by atoms with van der Waals surface area (Å²) in [6, 6.07) is 2.75. The number of hydrogen-bond donors (Lipinski definition) is 1. The minimum absolute atomic E-state index is 0. The number of fused-ring (bicyclic) bond motifs is 1. The zero-order valence-electron chi connectivity index (χ0n) is 7.14. The Labute approximate surface area is 88.4 Å². The van der Waals surface area contributed by atoms with Crippen LogP contribution in [0.2, 0.25) is 0 Å². The standard InChI is InChI=1S/C8H5F4NO.ClH/c9-7(10)5-2-1-4(13)3-6(5)8(11,12)14-7;/h1-3H,13H2;1H. The Morgan fingerprint density at radius 3 is 2.13 bits per heavy atom. The van der Waals surface area contributed by atoms with E-state index >= 15 is 0 Å². The highest BCUT2D eigenvalue weighted by atomic mass is 35.5. The maximum absolute atomic E-state index is 12.9. The van der Waals surface area contributed by atoms with Crippen LogP contribution >= 0.6 is 12.4 Å². The number of ether oxygens (including phenoxy) is 1. The largest absolute Gasteiger partial charge is 0.399 e. The quantitative estimate of drug-likeness (QED) is 0.562. The summed E-state index contributed by atoms with van der Waals surface area (Å²) in [6.45, 7) is 0. The fourth-order valence-electron chi connectivity index (χ4n) is 1.33. The Balaban J connectivity index is 0.00000112. The molecule has 0 aliphatic carbocycles. The van der Waals surface area contributed by atoms with Crippen molar-refractivity contribution < 1.29 is 22.3 Å². The van der Waals surface area contributed by atoms with E-state index < -0.39 is 23.3 Å². The van der Waals surface area contributed by atoms with Crippen molar-refractivity contribution in [2.45, 2.75) is 12.2 Å². The average molecular weight is 244 g/mol. The highest BCUT2D eigenvalue weighted by Crippen LogP contribution is 2.51. The Kier molecular flexibility index (Phi) is 2.61. The number of rotatable bonds is 0. The van der Waals surface area contributed by atoms with Gasteiger partial charge in [0.05, 0.1) is 11.1 Å². The fraction of sp³-hybridized carbons (Fsp3) is 0.250. The van der Waals surface area contributed by atoms with Crippen LogP contribution in [-0.4, -0.2) is 0 Å². The number of hydrogen-bond acceptors (Lipinski definition) is 2. The lowest BCUT2D eigenvalue weighted by atomic mass is 10.1. The molecule has 0 aromatic heterocycles. The maximum Gasteiger partial charge on any atom is 0.388 e. The summed E-state index contributed by atoms with van der Waals surface area (Å²) < 4.78 is 54.7. The van der Waals surface area contributed by atoms with Gasteiger partial charge in [0.1, 0.15) is 0 Å². The predicted molar refractivity (Wildman–Crippen MR) is 47.0 cm³/mol. The normalized spacial score (nSPS) is 20.5. The van der Waals surface area contributed by atoms with Gasteiger partial charge in [-0.15, -0.1) is 12.4 Å². The topological polar surface area (TPSA) is 35.2 Å². The summed E-state index contributed by atoms with van der Waals surface area (Å²) in [5.41, 5.74) is 3.49. The lowest BCUT2D eigenvalue weighted by Gasteiger charge is -2.10. The zero-order valence-corrected chi connectivity index (χ0v) is 7.95. The maximum atomic E-state index is 12.9. The number of halogens is 5. The average Bonchev–Trinajstić information content (AvgIpc) is 2.17. The minimum Gasteiger partial charge on any atom is -0.399 e. The molecule has 0 atom stereocenters. The van der Waals surface area contributed by atoms with E-state index in [1.807, 2.05) is 0 Å². The van der Waals surface area contributed by atoms with E-state index in [4.69, 9.17) is 5.73 Å². The second kappa shape index (κ2) is 3.24. The third-order valence-electron chi connectivity index (χ3n) is 1.93. The van der Waals surface area contributed by atoms with Crippen molar-refractivity contribution in [3.63, 3.8) is 0 Å². The summed E-state index contributed by atoms with van der Waals surface area (Å²) in [5.74, 6) is 0. The Hall–Kier alpha value is -1.01. The summed E-state index contributed by atoms with van der Waals surface area (Å²) in [5, 5.41) is 0. The number of nitrogens with two attached hydrogens (primary N) is 1. The van der Waals surface area contributed by atoms with Crippen LogP contribution in [0, 0.1) is 0 Å². The highest BCUT2D eigenvalue weighted by molar-refractivity contribution is 5.85. The molecular weight excluding hydrogens is 238 g/mol. The van der Waals surface area contributed by atoms with Gasteiger partial charge in [-0.1, -0.05) is 0 Å². The van der Waals surface area contributed by atoms with E-state index in [1.54, 1.807) is 0 Å². The molecule has 0 saturated carbocycles. The van der Waals surface area contributed by atoms with Crippen molar-refractivity contribution in [2.75, 3.05) is 5.73 Å². The summed E-state index contributed by atoms with van der Waals surface area (Å²) in [4.78, 5) is 0. The lowest BCUT2D eigenvalue weighted by molar-refractivity contribution is -0.369. The van der Waals surface area contributed by atoms with E-state index in [-0.39, 0.29) is 18.1 Å². The van der Waals surface area contributed by atoms with Crippen LogP contribution < -0.4 is 5.73 Å².